The summed E-state index contributed by atoms with van der Waals surface area (Å²) in [6.45, 7) is 1.73. The van der Waals surface area contributed by atoms with Crippen molar-refractivity contribution in [1.82, 2.24) is 20.1 Å². The largest absolute Gasteiger partial charge is 0.496 e. The average molecular weight is 510 g/mol. The third-order valence-electron chi connectivity index (χ3n) is 6.97. The summed E-state index contributed by atoms with van der Waals surface area (Å²) in [5, 5.41) is 20.0. The normalized spacial score (nSPS) is 14.8. The molecule has 9 nitrogen and oxygen atoms in total. The number of H-pyrrole nitrogens is 1. The Labute approximate surface area is 219 Å². The van der Waals surface area contributed by atoms with Crippen LogP contribution >= 0.6 is 0 Å². The summed E-state index contributed by atoms with van der Waals surface area (Å²) >= 11 is 0. The summed E-state index contributed by atoms with van der Waals surface area (Å²) in [4.78, 5) is 14.3. The molecule has 38 heavy (non-hydrogen) atoms. The summed E-state index contributed by atoms with van der Waals surface area (Å²) in [6, 6.07) is 22.4. The average Bonchev–Trinajstić information content (AvgIpc) is 3.57. The topological polar surface area (TPSA) is 107 Å². The second kappa shape index (κ2) is 10.0. The second-order valence-electron chi connectivity index (χ2n) is 9.36. The van der Waals surface area contributed by atoms with E-state index in [2.05, 4.69) is 51.8 Å². The van der Waals surface area contributed by atoms with Gasteiger partial charge in [0, 0.05) is 28.7 Å². The molecule has 0 unspecified atom stereocenters. The molecule has 0 spiro atoms. The van der Waals surface area contributed by atoms with Crippen LogP contribution in [0.25, 0.3) is 10.9 Å². The number of fused-ring (bicyclic) bond motifs is 3. The summed E-state index contributed by atoms with van der Waals surface area (Å²) in [5.74, 6) is 1.55. The fourth-order valence-electron chi connectivity index (χ4n) is 5.13. The van der Waals surface area contributed by atoms with Crippen LogP contribution in [0.4, 0.5) is 5.69 Å². The molecule has 0 saturated heterocycles. The molecule has 2 N–H and O–H groups in total. The third kappa shape index (κ3) is 4.59. The Balaban J connectivity index is 1.30. The number of hydrogen-bond donors (Lipinski definition) is 2. The van der Waals surface area contributed by atoms with E-state index < -0.39 is 4.92 Å². The van der Waals surface area contributed by atoms with Gasteiger partial charge in [0.2, 0.25) is 0 Å². The monoisotopic (exact) mass is 509 g/mol. The number of benzene rings is 3. The maximum Gasteiger partial charge on any atom is 0.307 e. The highest BCUT2D eigenvalue weighted by Crippen LogP contribution is 2.36. The summed E-state index contributed by atoms with van der Waals surface area (Å²) in [6.07, 6.45) is 3.60. The molecular formula is C29H27N5O4. The third-order valence-corrected chi connectivity index (χ3v) is 6.97. The first-order valence-electron chi connectivity index (χ1n) is 12.5. The van der Waals surface area contributed by atoms with E-state index in [4.69, 9.17) is 9.47 Å². The first-order chi connectivity index (χ1) is 18.6. The van der Waals surface area contributed by atoms with Crippen LogP contribution in [0.15, 0.2) is 79.1 Å². The van der Waals surface area contributed by atoms with Gasteiger partial charge in [-0.15, -0.1) is 0 Å². The Morgan fingerprint density at radius 1 is 1.13 bits per heavy atom. The van der Waals surface area contributed by atoms with Crippen LogP contribution in [0, 0.1) is 10.1 Å². The molecule has 0 aliphatic carbocycles. The lowest BCUT2D eigenvalue weighted by atomic mass is 9.93. The Morgan fingerprint density at radius 3 is 2.79 bits per heavy atom. The van der Waals surface area contributed by atoms with Crippen molar-refractivity contribution in [2.45, 2.75) is 25.6 Å². The van der Waals surface area contributed by atoms with E-state index in [9.17, 15) is 10.1 Å². The first kappa shape index (κ1) is 23.7. The highest BCUT2D eigenvalue weighted by atomic mass is 16.6. The van der Waals surface area contributed by atoms with Crippen molar-refractivity contribution in [2.75, 3.05) is 13.7 Å². The van der Waals surface area contributed by atoms with E-state index in [1.807, 2.05) is 30.3 Å². The van der Waals surface area contributed by atoms with E-state index in [0.717, 1.165) is 46.6 Å². The molecule has 1 aliphatic heterocycles. The number of aromatic nitrogens is 3. The van der Waals surface area contributed by atoms with Crippen LogP contribution in [0.3, 0.4) is 0 Å². The van der Waals surface area contributed by atoms with Crippen molar-refractivity contribution in [1.29, 1.82) is 0 Å². The van der Waals surface area contributed by atoms with Crippen LogP contribution in [0.5, 0.6) is 11.5 Å². The molecule has 192 valence electrons. The predicted octanol–water partition coefficient (Wildman–Crippen LogP) is 5.14. The Hall–Kier alpha value is -4.63. The van der Waals surface area contributed by atoms with Crippen LogP contribution in [0.2, 0.25) is 0 Å². The van der Waals surface area contributed by atoms with Crippen molar-refractivity contribution in [3.63, 3.8) is 0 Å². The van der Waals surface area contributed by atoms with Gasteiger partial charge in [-0.25, -0.2) is 0 Å². The van der Waals surface area contributed by atoms with E-state index in [0.29, 0.717) is 18.9 Å². The summed E-state index contributed by atoms with van der Waals surface area (Å²) in [5.41, 5.74) is 6.57. The zero-order valence-corrected chi connectivity index (χ0v) is 20.9. The van der Waals surface area contributed by atoms with Gasteiger partial charge in [0.05, 0.1) is 24.6 Å². The molecule has 9 heteroatoms. The molecular weight excluding hydrogens is 482 g/mol. The quantitative estimate of drug-likeness (QED) is 0.221. The lowest BCUT2D eigenvalue weighted by molar-refractivity contribution is -0.385. The minimum Gasteiger partial charge on any atom is -0.496 e. The second-order valence-corrected chi connectivity index (χ2v) is 9.36. The van der Waals surface area contributed by atoms with Gasteiger partial charge >= 0.3 is 5.69 Å². The molecule has 0 radical (unpaired) electrons. The fraction of sp³-hybridized carbons (Fsp3) is 0.207. The van der Waals surface area contributed by atoms with Gasteiger partial charge in [0.1, 0.15) is 30.5 Å². The van der Waals surface area contributed by atoms with Crippen LogP contribution in [-0.4, -0.2) is 33.3 Å². The minimum atomic E-state index is -0.446. The molecule has 2 aromatic heterocycles. The number of nitrogens with one attached hydrogen (secondary N) is 2. The van der Waals surface area contributed by atoms with E-state index >= 15 is 0 Å². The number of nitrogens with zero attached hydrogens (tertiary/aromatic N) is 3. The fourth-order valence-corrected chi connectivity index (χ4v) is 5.13. The molecule has 0 bridgehead atoms. The van der Waals surface area contributed by atoms with Crippen LogP contribution in [0.1, 0.15) is 34.0 Å². The molecule has 1 aliphatic rings. The molecule has 6 rings (SSSR count). The van der Waals surface area contributed by atoms with Gasteiger partial charge in [-0.2, -0.15) is 5.10 Å². The zero-order chi connectivity index (χ0) is 26.1. The molecule has 3 heterocycles. The first-order valence-corrected chi connectivity index (χ1v) is 12.5. The predicted molar refractivity (Wildman–Crippen MR) is 144 cm³/mol. The van der Waals surface area contributed by atoms with Gasteiger partial charge in [-0.1, -0.05) is 36.4 Å². The van der Waals surface area contributed by atoms with Crippen molar-refractivity contribution in [3.8, 4) is 11.5 Å². The molecule has 1 atom stereocenters. The van der Waals surface area contributed by atoms with Crippen molar-refractivity contribution in [2.24, 2.45) is 0 Å². The summed E-state index contributed by atoms with van der Waals surface area (Å²) < 4.78 is 13.2. The Bertz CT molecular complexity index is 1610. The van der Waals surface area contributed by atoms with Gasteiger partial charge in [0.25, 0.3) is 0 Å². The van der Waals surface area contributed by atoms with Crippen molar-refractivity contribution in [3.05, 3.63) is 117 Å². The minimum absolute atomic E-state index is 0.0311. The maximum atomic E-state index is 11.1. The Kier molecular flexibility index (Phi) is 6.27. The number of rotatable bonds is 8. The van der Waals surface area contributed by atoms with Gasteiger partial charge in [-0.05, 0) is 53.4 Å². The SMILES string of the molecule is COc1ccc([C@@H]2NCCc3c2[nH]c2ccc(OCc4ccccc4)cc32)cc1Cn1cc([N+](=O)[O-])cn1. The Morgan fingerprint density at radius 2 is 2.00 bits per heavy atom. The maximum absolute atomic E-state index is 11.1. The van der Waals surface area contributed by atoms with Gasteiger partial charge in [0.15, 0.2) is 0 Å². The van der Waals surface area contributed by atoms with Crippen LogP contribution < -0.4 is 14.8 Å². The number of nitro groups is 1. The molecule has 5 aromatic rings. The van der Waals surface area contributed by atoms with Gasteiger partial charge < -0.3 is 19.8 Å². The highest BCUT2D eigenvalue weighted by molar-refractivity contribution is 5.86. The molecule has 0 fully saturated rings. The lowest BCUT2D eigenvalue weighted by Crippen LogP contribution is -2.30. The van der Waals surface area contributed by atoms with E-state index in [1.165, 1.54) is 23.3 Å². The van der Waals surface area contributed by atoms with Crippen LogP contribution in [-0.2, 0) is 19.6 Å². The lowest BCUT2D eigenvalue weighted by Gasteiger charge is -2.25. The smallest absolute Gasteiger partial charge is 0.307 e. The number of ether oxygens (including phenoxy) is 2. The molecule has 3 aromatic carbocycles. The van der Waals surface area contributed by atoms with E-state index in [1.54, 1.807) is 11.8 Å². The number of aromatic amines is 1. The van der Waals surface area contributed by atoms with Crippen molar-refractivity contribution < 1.29 is 14.4 Å². The van der Waals surface area contributed by atoms with Crippen molar-refractivity contribution >= 4 is 16.6 Å². The van der Waals surface area contributed by atoms with Gasteiger partial charge in [-0.3, -0.25) is 14.8 Å². The molecule has 0 amide bonds. The number of hydrogen-bond acceptors (Lipinski definition) is 6. The van der Waals surface area contributed by atoms with E-state index in [-0.39, 0.29) is 11.7 Å². The summed E-state index contributed by atoms with van der Waals surface area (Å²) in [7, 11) is 1.62. The number of methoxy groups -OCH3 is 1. The standard InChI is InChI=1S/C29H27N5O4/c1-37-27-10-7-20(13-21(27)16-33-17-22(15-31-33)34(35)36)28-29-24(11-12-30-28)25-14-23(8-9-26(25)32-29)38-18-19-5-3-2-4-6-19/h2-10,13-15,17,28,30,32H,11-12,16,18H2,1H3/t28-/m0/s1. The zero-order valence-electron chi connectivity index (χ0n) is 20.9. The molecule has 0 saturated carbocycles. The highest BCUT2D eigenvalue weighted by Gasteiger charge is 2.26.